The molecule has 0 fully saturated rings. The zero-order valence-electron chi connectivity index (χ0n) is 12.9. The number of nitrogens with one attached hydrogen (secondary N) is 1. The van der Waals surface area contributed by atoms with Gasteiger partial charge in [0.25, 0.3) is 0 Å². The lowest BCUT2D eigenvalue weighted by Gasteiger charge is -2.08. The molecule has 1 heterocycles. The van der Waals surface area contributed by atoms with Crippen molar-refractivity contribution in [1.82, 2.24) is 19.7 Å². The summed E-state index contributed by atoms with van der Waals surface area (Å²) in [5.74, 6) is -1.12. The Balaban J connectivity index is 1.80. The Bertz CT molecular complexity index is 835. The van der Waals surface area contributed by atoms with Gasteiger partial charge in [-0.15, -0.1) is 5.10 Å². The molecule has 0 bridgehead atoms. The third-order valence-electron chi connectivity index (χ3n) is 3.32. The Morgan fingerprint density at radius 3 is 2.75 bits per heavy atom. The van der Waals surface area contributed by atoms with Gasteiger partial charge in [0, 0.05) is 16.7 Å². The van der Waals surface area contributed by atoms with Crippen LogP contribution in [0.4, 0.5) is 0 Å². The summed E-state index contributed by atoms with van der Waals surface area (Å²) in [5.41, 5.74) is 0.924. The number of nitrogens with zero attached hydrogens (tertiary/aromatic N) is 3. The normalized spacial score (nSPS) is 11.6. The molecule has 2 aromatic rings. The lowest BCUT2D eigenvalue weighted by atomic mass is 10.2. The number of aryl methyl sites for hydroxylation is 2. The van der Waals surface area contributed by atoms with Crippen LogP contribution in [-0.2, 0) is 16.6 Å². The molecule has 130 valence electrons. The SMILES string of the molecule is Cc1ccc(S(=O)(=O)NCCCCn2cc(C(=O)O)nn2)cc1I. The first kappa shape index (κ1) is 18.8. The van der Waals surface area contributed by atoms with E-state index in [0.717, 1.165) is 9.13 Å². The molecule has 0 saturated carbocycles. The maximum atomic E-state index is 12.2. The predicted octanol–water partition coefficient (Wildman–Crippen LogP) is 1.65. The molecule has 0 aliphatic carbocycles. The standard InChI is InChI=1S/C14H17IN4O4S/c1-10-4-5-11(8-12(10)15)24(22,23)16-6-2-3-7-19-9-13(14(20)21)17-18-19/h4-5,8-9,16H,2-3,6-7H2,1H3,(H,20,21). The zero-order chi connectivity index (χ0) is 17.7. The maximum absolute atomic E-state index is 12.2. The van der Waals surface area contributed by atoms with Crippen LogP contribution in [0.2, 0.25) is 0 Å². The summed E-state index contributed by atoms with van der Waals surface area (Å²) in [6, 6.07) is 5.00. The van der Waals surface area contributed by atoms with Gasteiger partial charge in [0.05, 0.1) is 11.1 Å². The third-order valence-corrected chi connectivity index (χ3v) is 5.94. The summed E-state index contributed by atoms with van der Waals surface area (Å²) in [7, 11) is -3.52. The number of rotatable bonds is 8. The molecule has 8 nitrogen and oxygen atoms in total. The Hall–Kier alpha value is -1.53. The number of aromatic carboxylic acids is 1. The third kappa shape index (κ3) is 4.98. The van der Waals surface area contributed by atoms with Gasteiger partial charge in [0.2, 0.25) is 10.0 Å². The molecule has 0 unspecified atom stereocenters. The van der Waals surface area contributed by atoms with Gasteiger partial charge in [-0.2, -0.15) is 0 Å². The molecule has 0 radical (unpaired) electrons. The molecule has 1 aromatic heterocycles. The fourth-order valence-electron chi connectivity index (χ4n) is 1.94. The maximum Gasteiger partial charge on any atom is 0.358 e. The molecule has 0 saturated heterocycles. The fourth-order valence-corrected chi connectivity index (χ4v) is 3.76. The van der Waals surface area contributed by atoms with E-state index in [-0.39, 0.29) is 10.6 Å². The first-order valence-corrected chi connectivity index (χ1v) is 9.75. The molecule has 0 amide bonds. The van der Waals surface area contributed by atoms with E-state index in [1.807, 2.05) is 6.92 Å². The second-order valence-corrected chi connectivity index (χ2v) is 8.12. The Kier molecular flexibility index (Phi) is 6.29. The van der Waals surface area contributed by atoms with Crippen LogP contribution < -0.4 is 4.72 Å². The van der Waals surface area contributed by atoms with Crippen LogP contribution in [0.25, 0.3) is 0 Å². The van der Waals surface area contributed by atoms with Gasteiger partial charge in [-0.1, -0.05) is 11.3 Å². The molecular formula is C14H17IN4O4S. The highest BCUT2D eigenvalue weighted by Gasteiger charge is 2.14. The number of hydrogen-bond acceptors (Lipinski definition) is 5. The molecule has 10 heteroatoms. The second-order valence-electron chi connectivity index (χ2n) is 5.19. The second kappa shape index (κ2) is 8.03. The fraction of sp³-hybridized carbons (Fsp3) is 0.357. The Morgan fingerprint density at radius 2 is 2.12 bits per heavy atom. The highest BCUT2D eigenvalue weighted by Crippen LogP contribution is 2.17. The molecule has 0 atom stereocenters. The van der Waals surface area contributed by atoms with Crippen molar-refractivity contribution in [2.75, 3.05) is 6.54 Å². The van der Waals surface area contributed by atoms with E-state index in [2.05, 4.69) is 37.6 Å². The number of carboxylic acids is 1. The number of aromatic nitrogens is 3. The molecule has 2 N–H and O–H groups in total. The smallest absolute Gasteiger partial charge is 0.358 e. The predicted molar refractivity (Wildman–Crippen MR) is 95.3 cm³/mol. The van der Waals surface area contributed by atoms with Crippen molar-refractivity contribution in [2.24, 2.45) is 0 Å². The molecule has 0 aliphatic heterocycles. The topological polar surface area (TPSA) is 114 Å². The molecule has 24 heavy (non-hydrogen) atoms. The largest absolute Gasteiger partial charge is 0.476 e. The lowest BCUT2D eigenvalue weighted by Crippen LogP contribution is -2.25. The Morgan fingerprint density at radius 1 is 1.38 bits per heavy atom. The van der Waals surface area contributed by atoms with Gasteiger partial charge >= 0.3 is 5.97 Å². The summed E-state index contributed by atoms with van der Waals surface area (Å²) in [5, 5.41) is 16.0. The van der Waals surface area contributed by atoms with Crippen molar-refractivity contribution < 1.29 is 18.3 Å². The average Bonchev–Trinajstić information content (AvgIpc) is 2.98. The van der Waals surface area contributed by atoms with E-state index in [1.165, 1.54) is 10.9 Å². The molecular weight excluding hydrogens is 447 g/mol. The van der Waals surface area contributed by atoms with Gasteiger partial charge in [0.1, 0.15) is 0 Å². The van der Waals surface area contributed by atoms with Crippen LogP contribution in [0, 0.1) is 10.5 Å². The van der Waals surface area contributed by atoms with Crippen LogP contribution in [0.15, 0.2) is 29.3 Å². The van der Waals surface area contributed by atoms with Crippen LogP contribution in [-0.4, -0.2) is 41.0 Å². The van der Waals surface area contributed by atoms with E-state index < -0.39 is 16.0 Å². The number of carboxylic acid groups (broad SMARTS) is 1. The van der Waals surface area contributed by atoms with Crippen LogP contribution in [0.3, 0.4) is 0 Å². The molecule has 1 aromatic carbocycles. The first-order valence-electron chi connectivity index (χ1n) is 7.19. The van der Waals surface area contributed by atoms with Crippen molar-refractivity contribution in [1.29, 1.82) is 0 Å². The van der Waals surface area contributed by atoms with Gasteiger partial charge in [-0.3, -0.25) is 4.68 Å². The average molecular weight is 464 g/mol. The summed E-state index contributed by atoms with van der Waals surface area (Å²) < 4.78 is 29.3. The molecule has 0 spiro atoms. The number of benzene rings is 1. The number of unbranched alkanes of at least 4 members (excludes halogenated alkanes) is 1. The van der Waals surface area contributed by atoms with Crippen LogP contribution in [0.1, 0.15) is 28.9 Å². The van der Waals surface area contributed by atoms with Crippen molar-refractivity contribution in [2.45, 2.75) is 31.2 Å². The van der Waals surface area contributed by atoms with Crippen molar-refractivity contribution in [3.05, 3.63) is 39.2 Å². The van der Waals surface area contributed by atoms with Crippen molar-refractivity contribution in [3.8, 4) is 0 Å². The van der Waals surface area contributed by atoms with Gasteiger partial charge in [-0.05, 0) is 60.1 Å². The minimum atomic E-state index is -3.52. The van der Waals surface area contributed by atoms with E-state index in [1.54, 1.807) is 18.2 Å². The quantitative estimate of drug-likeness (QED) is 0.454. The van der Waals surface area contributed by atoms with E-state index in [0.29, 0.717) is 25.9 Å². The monoisotopic (exact) mass is 464 g/mol. The minimum Gasteiger partial charge on any atom is -0.476 e. The number of halogens is 1. The number of sulfonamides is 1. The highest BCUT2D eigenvalue weighted by atomic mass is 127. The van der Waals surface area contributed by atoms with E-state index >= 15 is 0 Å². The van der Waals surface area contributed by atoms with Gasteiger partial charge in [0.15, 0.2) is 5.69 Å². The van der Waals surface area contributed by atoms with Crippen LogP contribution >= 0.6 is 22.6 Å². The molecule has 2 rings (SSSR count). The van der Waals surface area contributed by atoms with E-state index in [4.69, 9.17) is 5.11 Å². The van der Waals surface area contributed by atoms with Crippen molar-refractivity contribution >= 4 is 38.6 Å². The highest BCUT2D eigenvalue weighted by molar-refractivity contribution is 14.1. The number of carbonyl (C=O) groups is 1. The summed E-state index contributed by atoms with van der Waals surface area (Å²) in [6.45, 7) is 2.70. The number of hydrogen-bond donors (Lipinski definition) is 2. The van der Waals surface area contributed by atoms with Crippen molar-refractivity contribution in [3.63, 3.8) is 0 Å². The van der Waals surface area contributed by atoms with E-state index in [9.17, 15) is 13.2 Å². The first-order chi connectivity index (χ1) is 11.3. The zero-order valence-corrected chi connectivity index (χ0v) is 15.9. The lowest BCUT2D eigenvalue weighted by molar-refractivity contribution is 0.0690. The Labute approximate surface area is 153 Å². The minimum absolute atomic E-state index is 0.107. The van der Waals surface area contributed by atoms with Crippen LogP contribution in [0.5, 0.6) is 0 Å². The summed E-state index contributed by atoms with van der Waals surface area (Å²) in [6.07, 6.45) is 2.60. The van der Waals surface area contributed by atoms with Gasteiger partial charge < -0.3 is 5.11 Å². The molecule has 0 aliphatic rings. The summed E-state index contributed by atoms with van der Waals surface area (Å²) in [4.78, 5) is 10.9. The summed E-state index contributed by atoms with van der Waals surface area (Å²) >= 11 is 2.10. The van der Waals surface area contributed by atoms with Gasteiger partial charge in [-0.25, -0.2) is 17.9 Å².